The Bertz CT molecular complexity index is 1050. The number of aromatic carboxylic acids is 1. The van der Waals surface area contributed by atoms with Crippen LogP contribution in [-0.4, -0.2) is 25.4 Å². The van der Waals surface area contributed by atoms with Crippen LogP contribution >= 0.6 is 11.3 Å². The molecule has 0 saturated heterocycles. The van der Waals surface area contributed by atoms with E-state index in [4.69, 9.17) is 0 Å². The molecular formula is C18H13N3O2S. The zero-order valence-corrected chi connectivity index (χ0v) is 13.6. The first-order valence-corrected chi connectivity index (χ1v) is 8.20. The number of carbonyl (C=O) groups is 1. The van der Waals surface area contributed by atoms with E-state index in [-0.39, 0.29) is 4.88 Å². The zero-order valence-electron chi connectivity index (χ0n) is 12.8. The van der Waals surface area contributed by atoms with E-state index in [1.54, 1.807) is 0 Å². The molecule has 1 N–H and O–H groups in total. The number of fused-ring (bicyclic) bond motifs is 1. The van der Waals surface area contributed by atoms with E-state index in [0.29, 0.717) is 10.7 Å². The van der Waals surface area contributed by atoms with Crippen LogP contribution in [0, 0.1) is 6.92 Å². The predicted octanol–water partition coefficient (Wildman–Crippen LogP) is 4.13. The summed E-state index contributed by atoms with van der Waals surface area (Å²) >= 11 is 1.18. The van der Waals surface area contributed by atoms with Gasteiger partial charge in [0.25, 0.3) is 0 Å². The van der Waals surface area contributed by atoms with Crippen LogP contribution in [0.15, 0.2) is 54.7 Å². The van der Waals surface area contributed by atoms with Crippen molar-refractivity contribution in [2.75, 3.05) is 0 Å². The average Bonchev–Trinajstić information content (AvgIpc) is 3.16. The smallest absolute Gasteiger partial charge is 0.348 e. The zero-order chi connectivity index (χ0) is 16.7. The van der Waals surface area contributed by atoms with E-state index >= 15 is 0 Å². The summed E-state index contributed by atoms with van der Waals surface area (Å²) in [6.45, 7) is 1.91. The van der Waals surface area contributed by atoms with Gasteiger partial charge in [-0.3, -0.25) is 4.40 Å². The van der Waals surface area contributed by atoms with Crippen LogP contribution in [-0.2, 0) is 0 Å². The minimum absolute atomic E-state index is 0.237. The number of carboxylic acid groups (broad SMARTS) is 1. The fraction of sp³-hybridized carbons (Fsp3) is 0.0556. The first kappa shape index (κ1) is 14.6. The van der Waals surface area contributed by atoms with Gasteiger partial charge in [0.05, 0.1) is 11.4 Å². The molecule has 1 aromatic carbocycles. The number of rotatable bonds is 3. The Morgan fingerprint density at radius 2 is 1.83 bits per heavy atom. The highest BCUT2D eigenvalue weighted by Gasteiger charge is 2.22. The topological polar surface area (TPSA) is 67.5 Å². The lowest BCUT2D eigenvalue weighted by Gasteiger charge is -1.99. The number of hydrogen-bond acceptors (Lipinski definition) is 4. The van der Waals surface area contributed by atoms with Gasteiger partial charge in [-0.05, 0) is 19.1 Å². The van der Waals surface area contributed by atoms with E-state index in [9.17, 15) is 9.90 Å². The lowest BCUT2D eigenvalue weighted by atomic mass is 10.1. The molecule has 0 saturated carbocycles. The van der Waals surface area contributed by atoms with Crippen molar-refractivity contribution < 1.29 is 9.90 Å². The molecule has 6 heteroatoms. The number of aryl methyl sites for hydroxylation is 1. The SMILES string of the molecule is Cc1nc2ccccn2c1-c1nc(-c2ccccc2)c(C(=O)O)s1. The number of nitrogens with zero attached hydrogens (tertiary/aromatic N) is 3. The second-order valence-corrected chi connectivity index (χ2v) is 6.34. The molecule has 0 aliphatic rings. The van der Waals surface area contributed by atoms with Crippen LogP contribution in [0.4, 0.5) is 0 Å². The first-order valence-electron chi connectivity index (χ1n) is 7.39. The molecule has 4 aromatic rings. The molecule has 118 valence electrons. The van der Waals surface area contributed by atoms with Crippen LogP contribution in [0.3, 0.4) is 0 Å². The van der Waals surface area contributed by atoms with Crippen molar-refractivity contribution in [2.45, 2.75) is 6.92 Å². The second-order valence-electron chi connectivity index (χ2n) is 5.34. The second kappa shape index (κ2) is 5.58. The summed E-state index contributed by atoms with van der Waals surface area (Å²) in [6.07, 6.45) is 1.91. The number of pyridine rings is 1. The third kappa shape index (κ3) is 2.28. The van der Waals surface area contributed by atoms with Gasteiger partial charge in [0.2, 0.25) is 0 Å². The van der Waals surface area contributed by atoms with Crippen molar-refractivity contribution in [3.8, 4) is 22.0 Å². The molecule has 5 nitrogen and oxygen atoms in total. The van der Waals surface area contributed by atoms with E-state index in [2.05, 4.69) is 9.97 Å². The summed E-state index contributed by atoms with van der Waals surface area (Å²) in [7, 11) is 0. The maximum Gasteiger partial charge on any atom is 0.348 e. The molecule has 0 amide bonds. The molecule has 3 aromatic heterocycles. The Morgan fingerprint density at radius 3 is 2.58 bits per heavy atom. The number of hydrogen-bond donors (Lipinski definition) is 1. The molecule has 3 heterocycles. The van der Waals surface area contributed by atoms with Crippen molar-refractivity contribution in [2.24, 2.45) is 0 Å². The molecule has 0 unspecified atom stereocenters. The van der Waals surface area contributed by atoms with Crippen molar-refractivity contribution in [3.05, 3.63) is 65.3 Å². The van der Waals surface area contributed by atoms with Crippen molar-refractivity contribution in [3.63, 3.8) is 0 Å². The number of aromatic nitrogens is 3. The summed E-state index contributed by atoms with van der Waals surface area (Å²) in [4.78, 5) is 21.1. The Morgan fingerprint density at radius 1 is 1.08 bits per heavy atom. The maximum atomic E-state index is 11.7. The molecule has 0 spiro atoms. The highest BCUT2D eigenvalue weighted by Crippen LogP contribution is 2.35. The van der Waals surface area contributed by atoms with Crippen molar-refractivity contribution >= 4 is 23.0 Å². The van der Waals surface area contributed by atoms with E-state index in [1.807, 2.05) is 66.1 Å². The summed E-state index contributed by atoms with van der Waals surface area (Å²) in [6, 6.07) is 15.1. The minimum Gasteiger partial charge on any atom is -0.477 e. The van der Waals surface area contributed by atoms with Crippen LogP contribution in [0.1, 0.15) is 15.4 Å². The quantitative estimate of drug-likeness (QED) is 0.611. The number of imidazole rings is 1. The number of carboxylic acids is 1. The average molecular weight is 335 g/mol. The molecule has 0 atom stereocenters. The van der Waals surface area contributed by atoms with Crippen molar-refractivity contribution in [1.82, 2.24) is 14.4 Å². The molecular weight excluding hydrogens is 322 g/mol. The van der Waals surface area contributed by atoms with Gasteiger partial charge in [0.1, 0.15) is 21.2 Å². The summed E-state index contributed by atoms with van der Waals surface area (Å²) < 4.78 is 1.94. The predicted molar refractivity (Wildman–Crippen MR) is 93.4 cm³/mol. The highest BCUT2D eigenvalue weighted by molar-refractivity contribution is 7.17. The standard InChI is InChI=1S/C18H13N3O2S/c1-11-15(21-10-6-5-9-13(21)19-11)17-20-14(16(24-17)18(22)23)12-7-3-2-4-8-12/h2-10H,1H3,(H,22,23). The fourth-order valence-electron chi connectivity index (χ4n) is 2.73. The van der Waals surface area contributed by atoms with Gasteiger partial charge in [0, 0.05) is 11.8 Å². The molecule has 24 heavy (non-hydrogen) atoms. The van der Waals surface area contributed by atoms with Gasteiger partial charge in [0.15, 0.2) is 0 Å². The lowest BCUT2D eigenvalue weighted by Crippen LogP contribution is -1.95. The fourth-order valence-corrected chi connectivity index (χ4v) is 3.75. The largest absolute Gasteiger partial charge is 0.477 e. The van der Waals surface area contributed by atoms with Gasteiger partial charge < -0.3 is 5.11 Å². The Kier molecular flexibility index (Phi) is 3.39. The normalized spacial score (nSPS) is 11.0. The third-order valence-electron chi connectivity index (χ3n) is 3.78. The maximum absolute atomic E-state index is 11.7. The summed E-state index contributed by atoms with van der Waals surface area (Å²) in [5.41, 5.74) is 3.77. The van der Waals surface area contributed by atoms with Crippen LogP contribution < -0.4 is 0 Å². The van der Waals surface area contributed by atoms with Gasteiger partial charge in [-0.25, -0.2) is 14.8 Å². The molecule has 0 fully saturated rings. The number of thiazole rings is 1. The van der Waals surface area contributed by atoms with Crippen LogP contribution in [0.5, 0.6) is 0 Å². The number of benzene rings is 1. The molecule has 0 radical (unpaired) electrons. The Hall–Kier alpha value is -2.99. The molecule has 0 aliphatic heterocycles. The first-order chi connectivity index (χ1) is 11.6. The van der Waals surface area contributed by atoms with E-state index in [0.717, 1.165) is 22.6 Å². The molecule has 0 aliphatic carbocycles. The van der Waals surface area contributed by atoms with Gasteiger partial charge in [-0.15, -0.1) is 11.3 Å². The van der Waals surface area contributed by atoms with Gasteiger partial charge >= 0.3 is 5.97 Å². The minimum atomic E-state index is -0.968. The molecule has 0 bridgehead atoms. The van der Waals surface area contributed by atoms with Crippen LogP contribution in [0.2, 0.25) is 0 Å². The van der Waals surface area contributed by atoms with Gasteiger partial charge in [-0.2, -0.15) is 0 Å². The monoisotopic (exact) mass is 335 g/mol. The Labute approximate surface area is 141 Å². The highest BCUT2D eigenvalue weighted by atomic mass is 32.1. The lowest BCUT2D eigenvalue weighted by molar-refractivity contribution is 0.0702. The van der Waals surface area contributed by atoms with E-state index in [1.165, 1.54) is 11.3 Å². The third-order valence-corrected chi connectivity index (χ3v) is 4.83. The Balaban J connectivity index is 1.97. The van der Waals surface area contributed by atoms with E-state index < -0.39 is 5.97 Å². The summed E-state index contributed by atoms with van der Waals surface area (Å²) in [5.74, 6) is -0.968. The van der Waals surface area contributed by atoms with Crippen LogP contribution in [0.25, 0.3) is 27.6 Å². The van der Waals surface area contributed by atoms with Crippen molar-refractivity contribution in [1.29, 1.82) is 0 Å². The van der Waals surface area contributed by atoms with Gasteiger partial charge in [-0.1, -0.05) is 36.4 Å². The molecule has 4 rings (SSSR count). The summed E-state index contributed by atoms with van der Waals surface area (Å²) in [5, 5.41) is 10.2.